The molecule has 0 saturated heterocycles. The second kappa shape index (κ2) is 8.37. The first kappa shape index (κ1) is 22.9. The van der Waals surface area contributed by atoms with Crippen LogP contribution in [-0.4, -0.2) is 54.2 Å². The van der Waals surface area contributed by atoms with Gasteiger partial charge in [0.05, 0.1) is 23.4 Å². The number of ether oxygens (including phenoxy) is 2. The van der Waals surface area contributed by atoms with Gasteiger partial charge in [-0.3, -0.25) is 9.79 Å². The molecule has 0 aliphatic carbocycles. The maximum absolute atomic E-state index is 14.7. The highest BCUT2D eigenvalue weighted by Gasteiger charge is 2.47. The zero-order chi connectivity index (χ0) is 23.1. The summed E-state index contributed by atoms with van der Waals surface area (Å²) in [5, 5.41) is -0.202. The Morgan fingerprint density at radius 2 is 1.94 bits per heavy atom. The van der Waals surface area contributed by atoms with Gasteiger partial charge in [-0.05, 0) is 26.8 Å². The van der Waals surface area contributed by atoms with Crippen molar-refractivity contribution in [2.24, 2.45) is 4.99 Å². The summed E-state index contributed by atoms with van der Waals surface area (Å²) in [5.41, 5.74) is -1.60. The fraction of sp³-hybridized carbons (Fsp3) is 0.421. The number of carbonyl (C=O) groups excluding carboxylic acids is 2. The fourth-order valence-corrected chi connectivity index (χ4v) is 3.22. The Bertz CT molecular complexity index is 978. The second-order valence-electron chi connectivity index (χ2n) is 7.01. The standard InChI is InChI=1S/C19H18ClF4N3O4/c1-9(2)30-17(29)10(3)31-14-7-13(12(21)6-11(14)20)27-16(28)8-15(19(22,23)24)26-5-4-25-18(26)27/h6-10H,4-5H2,1-3H3. The van der Waals surface area contributed by atoms with Crippen molar-refractivity contribution < 1.29 is 36.6 Å². The Labute approximate surface area is 179 Å². The zero-order valence-corrected chi connectivity index (χ0v) is 17.4. The summed E-state index contributed by atoms with van der Waals surface area (Å²) in [5.74, 6) is -3.34. The number of halogens is 5. The largest absolute Gasteiger partial charge is 0.477 e. The van der Waals surface area contributed by atoms with Gasteiger partial charge in [-0.25, -0.2) is 14.1 Å². The molecule has 2 heterocycles. The molecule has 0 aromatic heterocycles. The fourth-order valence-electron chi connectivity index (χ4n) is 3.02. The third-order valence-electron chi connectivity index (χ3n) is 4.31. The maximum Gasteiger partial charge on any atom is 0.431 e. The molecule has 2 aliphatic rings. The first-order chi connectivity index (χ1) is 14.4. The first-order valence-corrected chi connectivity index (χ1v) is 9.59. The van der Waals surface area contributed by atoms with E-state index in [1.165, 1.54) is 6.92 Å². The number of aliphatic imine (C=N–C) groups is 1. The summed E-state index contributed by atoms with van der Waals surface area (Å²) in [6.07, 6.45) is -5.93. The zero-order valence-electron chi connectivity index (χ0n) is 16.7. The van der Waals surface area contributed by atoms with Crippen molar-refractivity contribution in [2.75, 3.05) is 18.0 Å². The van der Waals surface area contributed by atoms with Crippen LogP contribution in [-0.2, 0) is 14.3 Å². The van der Waals surface area contributed by atoms with Crippen molar-refractivity contribution in [1.29, 1.82) is 0 Å². The van der Waals surface area contributed by atoms with E-state index in [9.17, 15) is 27.2 Å². The monoisotopic (exact) mass is 463 g/mol. The van der Waals surface area contributed by atoms with Crippen molar-refractivity contribution in [1.82, 2.24) is 4.90 Å². The van der Waals surface area contributed by atoms with Crippen molar-refractivity contribution >= 4 is 35.1 Å². The van der Waals surface area contributed by atoms with Crippen molar-refractivity contribution in [3.63, 3.8) is 0 Å². The molecule has 168 valence electrons. The van der Waals surface area contributed by atoms with Crippen molar-refractivity contribution in [2.45, 2.75) is 39.2 Å². The minimum absolute atomic E-state index is 0.0107. The summed E-state index contributed by atoms with van der Waals surface area (Å²) in [7, 11) is 0. The van der Waals surface area contributed by atoms with E-state index in [1.54, 1.807) is 13.8 Å². The van der Waals surface area contributed by atoms with E-state index < -0.39 is 47.5 Å². The summed E-state index contributed by atoms with van der Waals surface area (Å²) in [6, 6.07) is 1.86. The molecule has 1 unspecified atom stereocenters. The molecule has 0 bridgehead atoms. The quantitative estimate of drug-likeness (QED) is 0.492. The lowest BCUT2D eigenvalue weighted by Crippen LogP contribution is -2.51. The Balaban J connectivity index is 1.98. The van der Waals surface area contributed by atoms with Gasteiger partial charge in [0.1, 0.15) is 17.3 Å². The SMILES string of the molecule is CC(C)OC(=O)C(C)Oc1cc(N2C(=O)C=C(C(F)(F)F)N3CCN=C32)c(F)cc1Cl. The summed E-state index contributed by atoms with van der Waals surface area (Å²) < 4.78 is 65.1. The van der Waals surface area contributed by atoms with Crippen LogP contribution in [0.15, 0.2) is 28.9 Å². The van der Waals surface area contributed by atoms with Crippen LogP contribution in [0.2, 0.25) is 5.02 Å². The Kier molecular flexibility index (Phi) is 6.17. The van der Waals surface area contributed by atoms with E-state index in [0.717, 1.165) is 17.0 Å². The molecule has 3 rings (SSSR count). The molecule has 1 atom stereocenters. The number of hydrogen-bond donors (Lipinski definition) is 0. The topological polar surface area (TPSA) is 71.4 Å². The summed E-state index contributed by atoms with van der Waals surface area (Å²) >= 11 is 6.00. The molecular formula is C19H18ClF4N3O4. The Morgan fingerprint density at radius 3 is 2.55 bits per heavy atom. The van der Waals surface area contributed by atoms with Gasteiger partial charge in [0.2, 0.25) is 5.96 Å². The van der Waals surface area contributed by atoms with Crippen LogP contribution in [0.4, 0.5) is 23.2 Å². The number of benzene rings is 1. The van der Waals surface area contributed by atoms with E-state index in [0.29, 0.717) is 11.0 Å². The highest BCUT2D eigenvalue weighted by atomic mass is 35.5. The molecule has 1 aromatic carbocycles. The van der Waals surface area contributed by atoms with Crippen molar-refractivity contribution in [3.05, 3.63) is 34.7 Å². The average Bonchev–Trinajstić information content (AvgIpc) is 3.11. The minimum Gasteiger partial charge on any atom is -0.477 e. The highest BCUT2D eigenvalue weighted by molar-refractivity contribution is 6.32. The molecular weight excluding hydrogens is 446 g/mol. The first-order valence-electron chi connectivity index (χ1n) is 9.21. The lowest BCUT2D eigenvalue weighted by atomic mass is 10.2. The normalized spacial score (nSPS) is 17.4. The predicted molar refractivity (Wildman–Crippen MR) is 103 cm³/mol. The number of nitrogens with zero attached hydrogens (tertiary/aromatic N) is 3. The molecule has 7 nitrogen and oxygen atoms in total. The Morgan fingerprint density at radius 1 is 1.26 bits per heavy atom. The number of fused-ring (bicyclic) bond motifs is 1. The lowest BCUT2D eigenvalue weighted by Gasteiger charge is -2.35. The van der Waals surface area contributed by atoms with Gasteiger partial charge in [-0.1, -0.05) is 11.6 Å². The molecule has 2 aliphatic heterocycles. The number of esters is 1. The van der Waals surface area contributed by atoms with E-state index >= 15 is 0 Å². The predicted octanol–water partition coefficient (Wildman–Crippen LogP) is 3.66. The third-order valence-corrected chi connectivity index (χ3v) is 4.61. The van der Waals surface area contributed by atoms with Crippen LogP contribution in [0.25, 0.3) is 0 Å². The molecule has 0 radical (unpaired) electrons. The number of guanidine groups is 1. The molecule has 0 saturated carbocycles. The number of allylic oxidation sites excluding steroid dienone is 1. The Hall–Kier alpha value is -2.82. The summed E-state index contributed by atoms with van der Waals surface area (Å²) in [4.78, 5) is 29.9. The van der Waals surface area contributed by atoms with Crippen LogP contribution in [0, 0.1) is 5.82 Å². The van der Waals surface area contributed by atoms with Crippen LogP contribution in [0.5, 0.6) is 5.75 Å². The number of amides is 1. The highest BCUT2D eigenvalue weighted by Crippen LogP contribution is 2.38. The second-order valence-corrected chi connectivity index (χ2v) is 7.42. The number of hydrogen-bond acceptors (Lipinski definition) is 6. The molecule has 1 amide bonds. The van der Waals surface area contributed by atoms with Crippen LogP contribution in [0.1, 0.15) is 20.8 Å². The van der Waals surface area contributed by atoms with Crippen LogP contribution < -0.4 is 9.64 Å². The lowest BCUT2D eigenvalue weighted by molar-refractivity contribution is -0.154. The molecule has 1 aromatic rings. The number of rotatable bonds is 5. The van der Waals surface area contributed by atoms with Gasteiger partial charge in [0, 0.05) is 18.7 Å². The van der Waals surface area contributed by atoms with E-state index in [4.69, 9.17) is 21.1 Å². The molecule has 12 heteroatoms. The van der Waals surface area contributed by atoms with Crippen molar-refractivity contribution in [3.8, 4) is 5.75 Å². The number of anilines is 1. The van der Waals surface area contributed by atoms with E-state index in [2.05, 4.69) is 4.99 Å². The average molecular weight is 464 g/mol. The van der Waals surface area contributed by atoms with Crippen LogP contribution >= 0.6 is 11.6 Å². The third kappa shape index (κ3) is 4.60. The molecule has 0 N–H and O–H groups in total. The molecule has 0 fully saturated rings. The van der Waals surface area contributed by atoms with Gasteiger partial charge in [-0.2, -0.15) is 13.2 Å². The molecule has 0 spiro atoms. The number of carbonyl (C=O) groups is 2. The van der Waals surface area contributed by atoms with Gasteiger partial charge >= 0.3 is 12.1 Å². The van der Waals surface area contributed by atoms with Gasteiger partial charge in [0.15, 0.2) is 6.10 Å². The smallest absolute Gasteiger partial charge is 0.431 e. The van der Waals surface area contributed by atoms with Gasteiger partial charge in [-0.15, -0.1) is 0 Å². The molecule has 31 heavy (non-hydrogen) atoms. The van der Waals surface area contributed by atoms with Gasteiger partial charge in [0.25, 0.3) is 5.91 Å². The number of alkyl halides is 3. The van der Waals surface area contributed by atoms with Crippen LogP contribution in [0.3, 0.4) is 0 Å². The van der Waals surface area contributed by atoms with E-state index in [1.807, 2.05) is 0 Å². The van der Waals surface area contributed by atoms with E-state index in [-0.39, 0.29) is 29.8 Å². The summed E-state index contributed by atoms with van der Waals surface area (Å²) in [6.45, 7) is 4.54. The minimum atomic E-state index is -4.79. The van der Waals surface area contributed by atoms with Gasteiger partial charge < -0.3 is 14.4 Å². The maximum atomic E-state index is 14.7.